The molecule has 0 atom stereocenters. The monoisotopic (exact) mass is 407 g/mol. The molecule has 2 heterocycles. The van der Waals surface area contributed by atoms with Gasteiger partial charge < -0.3 is 14.2 Å². The second-order valence-electron chi connectivity index (χ2n) is 6.28. The van der Waals surface area contributed by atoms with Crippen LogP contribution < -0.4 is 9.54 Å². The third-order valence-corrected chi connectivity index (χ3v) is 6.35. The van der Waals surface area contributed by atoms with E-state index in [9.17, 15) is 9.59 Å². The second kappa shape index (κ2) is 9.41. The van der Waals surface area contributed by atoms with E-state index in [0.717, 1.165) is 48.4 Å². The Morgan fingerprint density at radius 3 is 2.70 bits per heavy atom. The predicted molar refractivity (Wildman–Crippen MR) is 110 cm³/mol. The third kappa shape index (κ3) is 4.93. The molecule has 1 aliphatic rings. The van der Waals surface area contributed by atoms with E-state index < -0.39 is 0 Å². The summed E-state index contributed by atoms with van der Waals surface area (Å²) in [7, 11) is 0. The zero-order valence-electron chi connectivity index (χ0n) is 15.8. The van der Waals surface area contributed by atoms with Gasteiger partial charge in [-0.25, -0.2) is 0 Å². The molecule has 3 rings (SSSR count). The van der Waals surface area contributed by atoms with Gasteiger partial charge in [0.15, 0.2) is 4.80 Å². The van der Waals surface area contributed by atoms with Crippen molar-refractivity contribution in [2.75, 3.05) is 31.2 Å². The number of nitrogens with zero attached hydrogens (tertiary/aromatic N) is 3. The number of fused-ring (bicyclic) bond motifs is 1. The molecule has 2 aromatic rings. The van der Waals surface area contributed by atoms with E-state index in [1.165, 1.54) is 23.1 Å². The van der Waals surface area contributed by atoms with E-state index in [4.69, 9.17) is 4.74 Å². The van der Waals surface area contributed by atoms with Crippen LogP contribution in [0.25, 0.3) is 10.2 Å². The van der Waals surface area contributed by atoms with E-state index >= 15 is 0 Å². The van der Waals surface area contributed by atoms with Crippen molar-refractivity contribution in [3.63, 3.8) is 0 Å². The largest absolute Gasteiger partial charge is 0.494 e. The lowest BCUT2D eigenvalue weighted by atomic mass is 10.3. The fourth-order valence-corrected chi connectivity index (χ4v) is 4.96. The summed E-state index contributed by atoms with van der Waals surface area (Å²) in [5, 5.41) is 0. The number of likely N-dealkylation sites (tertiary alicyclic amines) is 1. The van der Waals surface area contributed by atoms with Gasteiger partial charge in [-0.1, -0.05) is 11.3 Å². The minimum atomic E-state index is -0.201. The SMILES string of the molecule is CCOc1ccc2c(c1)sc(=NC(=O)CSCC(=O)N1CCCC1)n2CC. The number of ether oxygens (including phenoxy) is 1. The van der Waals surface area contributed by atoms with Gasteiger partial charge in [0.1, 0.15) is 5.75 Å². The van der Waals surface area contributed by atoms with Gasteiger partial charge in [-0.15, -0.1) is 11.8 Å². The third-order valence-electron chi connectivity index (χ3n) is 4.41. The van der Waals surface area contributed by atoms with Crippen LogP contribution in [0, 0.1) is 0 Å². The van der Waals surface area contributed by atoms with Crippen molar-refractivity contribution in [2.45, 2.75) is 33.2 Å². The number of aryl methyl sites for hydroxylation is 1. The quantitative estimate of drug-likeness (QED) is 0.708. The van der Waals surface area contributed by atoms with E-state index in [1.807, 2.05) is 41.5 Å². The van der Waals surface area contributed by atoms with Crippen LogP contribution in [0.3, 0.4) is 0 Å². The topological polar surface area (TPSA) is 63.9 Å². The van der Waals surface area contributed by atoms with Crippen molar-refractivity contribution in [1.29, 1.82) is 0 Å². The minimum Gasteiger partial charge on any atom is -0.494 e. The summed E-state index contributed by atoms with van der Waals surface area (Å²) in [4.78, 5) is 31.2. The molecule has 0 unspecified atom stereocenters. The van der Waals surface area contributed by atoms with Crippen LogP contribution >= 0.6 is 23.1 Å². The first-order valence-corrected chi connectivity index (χ1v) is 11.3. The molecule has 146 valence electrons. The first-order chi connectivity index (χ1) is 13.1. The van der Waals surface area contributed by atoms with Crippen molar-refractivity contribution in [1.82, 2.24) is 9.47 Å². The minimum absolute atomic E-state index is 0.124. The van der Waals surface area contributed by atoms with Crippen LogP contribution in [0.1, 0.15) is 26.7 Å². The molecule has 2 amide bonds. The van der Waals surface area contributed by atoms with Crippen molar-refractivity contribution >= 4 is 45.1 Å². The van der Waals surface area contributed by atoms with Gasteiger partial charge in [0.2, 0.25) is 5.91 Å². The first-order valence-electron chi connectivity index (χ1n) is 9.31. The molecule has 0 bridgehead atoms. The van der Waals surface area contributed by atoms with Crippen LogP contribution in [0.5, 0.6) is 5.75 Å². The van der Waals surface area contributed by atoms with Crippen LogP contribution in [0.15, 0.2) is 23.2 Å². The van der Waals surface area contributed by atoms with Gasteiger partial charge in [-0.2, -0.15) is 4.99 Å². The Hall–Kier alpha value is -1.80. The molecule has 1 aromatic heterocycles. The number of hydrogen-bond acceptors (Lipinski definition) is 5. The average Bonchev–Trinajstić information content (AvgIpc) is 3.29. The molecule has 0 N–H and O–H groups in total. The lowest BCUT2D eigenvalue weighted by Crippen LogP contribution is -2.29. The second-order valence-corrected chi connectivity index (χ2v) is 8.27. The predicted octanol–water partition coefficient (Wildman–Crippen LogP) is 2.90. The van der Waals surface area contributed by atoms with E-state index in [1.54, 1.807) is 0 Å². The van der Waals surface area contributed by atoms with E-state index in [2.05, 4.69) is 4.99 Å². The summed E-state index contributed by atoms with van der Waals surface area (Å²) >= 11 is 2.83. The van der Waals surface area contributed by atoms with E-state index in [0.29, 0.717) is 17.2 Å². The Morgan fingerprint density at radius 2 is 2.00 bits per heavy atom. The molecule has 1 fully saturated rings. The zero-order valence-corrected chi connectivity index (χ0v) is 17.4. The van der Waals surface area contributed by atoms with Crippen LogP contribution in [0.2, 0.25) is 0 Å². The summed E-state index contributed by atoms with van der Waals surface area (Å²) in [6, 6.07) is 5.94. The fourth-order valence-electron chi connectivity index (χ4n) is 3.12. The first kappa shape index (κ1) is 19.9. The average molecular weight is 408 g/mol. The van der Waals surface area contributed by atoms with Gasteiger partial charge in [-0.05, 0) is 44.9 Å². The maximum absolute atomic E-state index is 12.3. The van der Waals surface area contributed by atoms with Crippen molar-refractivity contribution in [2.24, 2.45) is 4.99 Å². The lowest BCUT2D eigenvalue weighted by Gasteiger charge is -2.14. The van der Waals surface area contributed by atoms with Crippen molar-refractivity contribution in [3.8, 4) is 5.75 Å². The molecule has 27 heavy (non-hydrogen) atoms. The molecule has 1 saturated heterocycles. The maximum Gasteiger partial charge on any atom is 0.258 e. The number of benzene rings is 1. The Morgan fingerprint density at radius 1 is 1.22 bits per heavy atom. The summed E-state index contributed by atoms with van der Waals surface area (Å²) in [6.45, 7) is 7.04. The molecule has 6 nitrogen and oxygen atoms in total. The van der Waals surface area contributed by atoms with Crippen molar-refractivity contribution in [3.05, 3.63) is 23.0 Å². The standard InChI is InChI=1S/C19H25N3O3S2/c1-3-22-15-8-7-14(25-4-2)11-16(15)27-19(22)20-17(23)12-26-13-18(24)21-9-5-6-10-21/h7-8,11H,3-6,9-10,12-13H2,1-2H3. The van der Waals surface area contributed by atoms with Crippen LogP contribution in [-0.4, -0.2) is 52.5 Å². The molecule has 0 radical (unpaired) electrons. The number of carbonyl (C=O) groups is 2. The number of rotatable bonds is 7. The van der Waals surface area contributed by atoms with E-state index in [-0.39, 0.29) is 17.6 Å². The Balaban J connectivity index is 1.68. The van der Waals surface area contributed by atoms with Gasteiger partial charge >= 0.3 is 0 Å². The van der Waals surface area contributed by atoms with Gasteiger partial charge in [-0.3, -0.25) is 9.59 Å². The number of thioether (sulfide) groups is 1. The molecule has 0 aliphatic carbocycles. The fraction of sp³-hybridized carbons (Fsp3) is 0.526. The van der Waals surface area contributed by atoms with Crippen LogP contribution in [-0.2, 0) is 16.1 Å². The molecular formula is C19H25N3O3S2. The highest BCUT2D eigenvalue weighted by Gasteiger charge is 2.18. The molecule has 0 spiro atoms. The highest BCUT2D eigenvalue weighted by molar-refractivity contribution is 8.00. The Kier molecular flexibility index (Phi) is 6.95. The molecule has 0 saturated carbocycles. The summed E-state index contributed by atoms with van der Waals surface area (Å²) < 4.78 is 8.64. The maximum atomic E-state index is 12.3. The van der Waals surface area contributed by atoms with Gasteiger partial charge in [0.25, 0.3) is 5.91 Å². The number of aromatic nitrogens is 1. The van der Waals surface area contributed by atoms with Crippen molar-refractivity contribution < 1.29 is 14.3 Å². The Labute approximate surface area is 167 Å². The summed E-state index contributed by atoms with van der Waals surface area (Å²) in [6.07, 6.45) is 2.16. The number of carbonyl (C=O) groups excluding carboxylic acids is 2. The molecule has 1 aromatic carbocycles. The number of thiazole rings is 1. The van der Waals surface area contributed by atoms with Gasteiger partial charge in [0.05, 0.1) is 28.3 Å². The smallest absolute Gasteiger partial charge is 0.258 e. The number of hydrogen-bond donors (Lipinski definition) is 0. The summed E-state index contributed by atoms with van der Waals surface area (Å²) in [5.74, 6) is 1.32. The summed E-state index contributed by atoms with van der Waals surface area (Å²) in [5.41, 5.74) is 1.05. The zero-order chi connectivity index (χ0) is 19.2. The van der Waals surface area contributed by atoms with Gasteiger partial charge in [0, 0.05) is 19.6 Å². The molecule has 8 heteroatoms. The molecule has 1 aliphatic heterocycles. The van der Waals surface area contributed by atoms with Crippen LogP contribution in [0.4, 0.5) is 0 Å². The normalized spacial score (nSPS) is 14.9. The lowest BCUT2D eigenvalue weighted by molar-refractivity contribution is -0.127. The highest BCUT2D eigenvalue weighted by Crippen LogP contribution is 2.23. The Bertz CT molecular complexity index is 882. The number of amides is 2. The molecular weight excluding hydrogens is 382 g/mol. The highest BCUT2D eigenvalue weighted by atomic mass is 32.2.